The summed E-state index contributed by atoms with van der Waals surface area (Å²) in [6, 6.07) is 15.0. The first-order chi connectivity index (χ1) is 12.6. The van der Waals surface area contributed by atoms with Crippen molar-refractivity contribution in [2.24, 2.45) is 0 Å². The Balaban J connectivity index is 1.68. The van der Waals surface area contributed by atoms with E-state index in [9.17, 15) is 9.59 Å². The highest BCUT2D eigenvalue weighted by Crippen LogP contribution is 2.21. The first-order valence-electron chi connectivity index (χ1n) is 8.08. The molecule has 0 unspecified atom stereocenters. The van der Waals surface area contributed by atoms with Crippen LogP contribution in [0.4, 0.5) is 10.5 Å². The van der Waals surface area contributed by atoms with Crippen LogP contribution in [0.25, 0.3) is 0 Å². The highest BCUT2D eigenvalue weighted by molar-refractivity contribution is 7.99. The Morgan fingerprint density at radius 3 is 2.31 bits per heavy atom. The van der Waals surface area contributed by atoms with Gasteiger partial charge in [0, 0.05) is 29.3 Å². The van der Waals surface area contributed by atoms with Crippen molar-refractivity contribution in [2.75, 3.05) is 25.3 Å². The lowest BCUT2D eigenvalue weighted by molar-refractivity contribution is -0.120. The first-order valence-corrected chi connectivity index (χ1v) is 9.06. The van der Waals surface area contributed by atoms with E-state index in [-0.39, 0.29) is 5.91 Å². The molecule has 2 amide bonds. The van der Waals surface area contributed by atoms with Gasteiger partial charge in [0.25, 0.3) is 0 Å². The minimum absolute atomic E-state index is 0.00257. The van der Waals surface area contributed by atoms with Gasteiger partial charge in [0.05, 0.1) is 14.2 Å². The van der Waals surface area contributed by atoms with E-state index < -0.39 is 6.09 Å². The van der Waals surface area contributed by atoms with E-state index >= 15 is 0 Å². The predicted octanol–water partition coefficient (Wildman–Crippen LogP) is 3.67. The SMILES string of the molecule is COC(=O)Nc1ccc(CNC(=O)CCSc2ccc(OC)cc2)cc1. The number of nitrogens with one attached hydrogen (secondary N) is 2. The predicted molar refractivity (Wildman–Crippen MR) is 103 cm³/mol. The molecule has 0 atom stereocenters. The van der Waals surface area contributed by atoms with Crippen LogP contribution in [-0.4, -0.2) is 32.0 Å². The van der Waals surface area contributed by atoms with Crippen molar-refractivity contribution in [2.45, 2.75) is 17.9 Å². The maximum absolute atomic E-state index is 11.9. The number of ether oxygens (including phenoxy) is 2. The van der Waals surface area contributed by atoms with Gasteiger partial charge < -0.3 is 14.8 Å². The number of anilines is 1. The van der Waals surface area contributed by atoms with Crippen molar-refractivity contribution in [3.63, 3.8) is 0 Å². The van der Waals surface area contributed by atoms with Crippen molar-refractivity contribution in [1.29, 1.82) is 0 Å². The fourth-order valence-corrected chi connectivity index (χ4v) is 2.95. The van der Waals surface area contributed by atoms with Crippen molar-refractivity contribution in [3.8, 4) is 5.75 Å². The monoisotopic (exact) mass is 374 g/mol. The highest BCUT2D eigenvalue weighted by Gasteiger charge is 2.04. The van der Waals surface area contributed by atoms with Gasteiger partial charge in [-0.25, -0.2) is 4.79 Å². The van der Waals surface area contributed by atoms with Crippen molar-refractivity contribution >= 4 is 29.4 Å². The average Bonchev–Trinajstić information content (AvgIpc) is 2.68. The maximum atomic E-state index is 11.9. The van der Waals surface area contributed by atoms with Crippen LogP contribution in [0.5, 0.6) is 5.75 Å². The molecule has 0 spiro atoms. The Morgan fingerprint density at radius 1 is 1.00 bits per heavy atom. The van der Waals surface area contributed by atoms with Crippen molar-refractivity contribution in [1.82, 2.24) is 5.32 Å². The molecule has 0 saturated heterocycles. The number of methoxy groups -OCH3 is 2. The van der Waals surface area contributed by atoms with Crippen molar-refractivity contribution in [3.05, 3.63) is 54.1 Å². The molecule has 138 valence electrons. The third-order valence-corrected chi connectivity index (χ3v) is 4.55. The van der Waals surface area contributed by atoms with Crippen LogP contribution in [-0.2, 0) is 16.1 Å². The molecule has 0 aliphatic heterocycles. The van der Waals surface area contributed by atoms with Crippen LogP contribution in [0, 0.1) is 0 Å². The third-order valence-electron chi connectivity index (χ3n) is 3.53. The fourth-order valence-electron chi connectivity index (χ4n) is 2.10. The molecule has 2 rings (SSSR count). The van der Waals surface area contributed by atoms with Crippen LogP contribution >= 0.6 is 11.8 Å². The highest BCUT2D eigenvalue weighted by atomic mass is 32.2. The summed E-state index contributed by atoms with van der Waals surface area (Å²) in [7, 11) is 2.95. The topological polar surface area (TPSA) is 76.7 Å². The van der Waals surface area contributed by atoms with Crippen LogP contribution in [0.3, 0.4) is 0 Å². The molecule has 6 nitrogen and oxygen atoms in total. The molecule has 0 aromatic heterocycles. The normalized spacial score (nSPS) is 10.1. The summed E-state index contributed by atoms with van der Waals surface area (Å²) in [6.45, 7) is 0.449. The van der Waals surface area contributed by atoms with Gasteiger partial charge in [-0.15, -0.1) is 11.8 Å². The number of hydrogen-bond donors (Lipinski definition) is 2. The maximum Gasteiger partial charge on any atom is 0.411 e. The Hall–Kier alpha value is -2.67. The molecule has 0 bridgehead atoms. The number of carbonyl (C=O) groups is 2. The lowest BCUT2D eigenvalue weighted by atomic mass is 10.2. The zero-order valence-corrected chi connectivity index (χ0v) is 15.6. The zero-order valence-electron chi connectivity index (χ0n) is 14.8. The summed E-state index contributed by atoms with van der Waals surface area (Å²) in [6.07, 6.45) is -0.0704. The molecule has 0 aliphatic rings. The van der Waals surface area contributed by atoms with E-state index in [0.29, 0.717) is 24.4 Å². The molecule has 2 aromatic rings. The number of amides is 2. The van der Waals surface area contributed by atoms with Gasteiger partial charge in [0.1, 0.15) is 5.75 Å². The molecule has 0 fully saturated rings. The molecule has 2 N–H and O–H groups in total. The standard InChI is InChI=1S/C19H22N2O4S/c1-24-16-7-9-17(10-8-16)26-12-11-18(22)20-13-14-3-5-15(6-4-14)21-19(23)25-2/h3-10H,11-13H2,1-2H3,(H,20,22)(H,21,23). The molecule has 2 aromatic carbocycles. The molecule has 0 aliphatic carbocycles. The van der Waals surface area contributed by atoms with Crippen LogP contribution in [0.2, 0.25) is 0 Å². The summed E-state index contributed by atoms with van der Waals surface area (Å²) >= 11 is 1.63. The van der Waals surface area contributed by atoms with Gasteiger partial charge >= 0.3 is 6.09 Å². The second kappa shape index (κ2) is 10.4. The van der Waals surface area contributed by atoms with E-state index in [2.05, 4.69) is 15.4 Å². The molecular formula is C19H22N2O4S. The lowest BCUT2D eigenvalue weighted by Gasteiger charge is -2.07. The van der Waals surface area contributed by atoms with Crippen LogP contribution in [0.1, 0.15) is 12.0 Å². The second-order valence-corrected chi connectivity index (χ2v) is 6.53. The number of benzene rings is 2. The van der Waals surface area contributed by atoms with Gasteiger partial charge in [-0.05, 0) is 42.0 Å². The Kier molecular flexibility index (Phi) is 7.82. The Morgan fingerprint density at radius 2 is 1.69 bits per heavy atom. The zero-order chi connectivity index (χ0) is 18.8. The first kappa shape index (κ1) is 19.7. The molecular weight excluding hydrogens is 352 g/mol. The number of rotatable bonds is 8. The minimum atomic E-state index is -0.514. The second-order valence-electron chi connectivity index (χ2n) is 5.36. The van der Waals surface area contributed by atoms with Crippen molar-refractivity contribution < 1.29 is 19.1 Å². The van der Waals surface area contributed by atoms with Gasteiger partial charge in [0.2, 0.25) is 5.91 Å². The number of carbonyl (C=O) groups excluding carboxylic acids is 2. The van der Waals surface area contributed by atoms with Gasteiger partial charge in [-0.1, -0.05) is 12.1 Å². The smallest absolute Gasteiger partial charge is 0.411 e. The van der Waals surface area contributed by atoms with E-state index in [4.69, 9.17) is 4.74 Å². The molecule has 0 radical (unpaired) electrons. The summed E-state index contributed by atoms with van der Waals surface area (Å²) in [4.78, 5) is 24.2. The van der Waals surface area contributed by atoms with Gasteiger partial charge in [-0.2, -0.15) is 0 Å². The summed E-state index contributed by atoms with van der Waals surface area (Å²) in [5.41, 5.74) is 1.60. The van der Waals surface area contributed by atoms with E-state index in [1.165, 1.54) is 7.11 Å². The molecule has 26 heavy (non-hydrogen) atoms. The molecule has 0 heterocycles. The van der Waals surface area contributed by atoms with E-state index in [1.807, 2.05) is 36.4 Å². The number of hydrogen-bond acceptors (Lipinski definition) is 5. The van der Waals surface area contributed by atoms with Gasteiger partial charge in [0.15, 0.2) is 0 Å². The minimum Gasteiger partial charge on any atom is -0.497 e. The fraction of sp³-hybridized carbons (Fsp3) is 0.263. The largest absolute Gasteiger partial charge is 0.497 e. The Labute approximate surface area is 157 Å². The summed E-state index contributed by atoms with van der Waals surface area (Å²) < 4.78 is 9.65. The van der Waals surface area contributed by atoms with E-state index in [1.54, 1.807) is 31.0 Å². The van der Waals surface area contributed by atoms with Crippen LogP contribution < -0.4 is 15.4 Å². The van der Waals surface area contributed by atoms with Gasteiger partial charge in [-0.3, -0.25) is 10.1 Å². The molecule has 7 heteroatoms. The quantitative estimate of drug-likeness (QED) is 0.690. The number of thioether (sulfide) groups is 1. The van der Waals surface area contributed by atoms with E-state index in [0.717, 1.165) is 16.2 Å². The lowest BCUT2D eigenvalue weighted by Crippen LogP contribution is -2.23. The Bertz CT molecular complexity index is 717. The summed E-state index contributed by atoms with van der Waals surface area (Å²) in [5, 5.41) is 5.47. The van der Waals surface area contributed by atoms with Crippen LogP contribution in [0.15, 0.2) is 53.4 Å². The molecule has 0 saturated carbocycles. The third kappa shape index (κ3) is 6.68. The summed E-state index contributed by atoms with van der Waals surface area (Å²) in [5.74, 6) is 1.53. The average molecular weight is 374 g/mol.